The second-order valence-electron chi connectivity index (χ2n) is 5.38. The molecular weight excluding hydrogens is 268 g/mol. The lowest BCUT2D eigenvalue weighted by Gasteiger charge is -2.32. The van der Waals surface area contributed by atoms with Gasteiger partial charge < -0.3 is 10.1 Å². The molecule has 0 saturated carbocycles. The summed E-state index contributed by atoms with van der Waals surface area (Å²) in [6, 6.07) is 11.6. The SMILES string of the molecule is CC(=O)N[C@@]12CC(c3ccccc3)[C@@](C#N)(C=CC1=O)O2. The molecule has 1 aromatic rings. The monoisotopic (exact) mass is 282 g/mol. The van der Waals surface area contributed by atoms with E-state index >= 15 is 0 Å². The third-order valence-corrected chi connectivity index (χ3v) is 3.99. The van der Waals surface area contributed by atoms with Crippen LogP contribution >= 0.6 is 0 Å². The van der Waals surface area contributed by atoms with Crippen LogP contribution in [0.2, 0.25) is 0 Å². The number of fused-ring (bicyclic) bond motifs is 2. The van der Waals surface area contributed by atoms with E-state index in [4.69, 9.17) is 4.74 Å². The van der Waals surface area contributed by atoms with Crippen LogP contribution in [0.3, 0.4) is 0 Å². The van der Waals surface area contributed by atoms with Gasteiger partial charge in [-0.05, 0) is 17.7 Å². The van der Waals surface area contributed by atoms with E-state index in [0.29, 0.717) is 0 Å². The number of nitriles is 1. The van der Waals surface area contributed by atoms with E-state index in [1.54, 1.807) is 0 Å². The maximum Gasteiger partial charge on any atom is 0.219 e. The number of amides is 1. The summed E-state index contributed by atoms with van der Waals surface area (Å²) in [6.45, 7) is 1.33. The molecule has 5 nitrogen and oxygen atoms in total. The van der Waals surface area contributed by atoms with Crippen molar-refractivity contribution in [3.05, 3.63) is 48.0 Å². The number of hydrogen-bond acceptors (Lipinski definition) is 4. The fourth-order valence-corrected chi connectivity index (χ4v) is 3.09. The molecule has 2 heterocycles. The number of nitrogens with one attached hydrogen (secondary N) is 1. The third-order valence-electron chi connectivity index (χ3n) is 3.99. The Morgan fingerprint density at radius 2 is 2.14 bits per heavy atom. The van der Waals surface area contributed by atoms with Gasteiger partial charge in [0.05, 0.1) is 0 Å². The minimum absolute atomic E-state index is 0.246. The first kappa shape index (κ1) is 13.5. The fraction of sp³-hybridized carbons (Fsp3) is 0.312. The van der Waals surface area contributed by atoms with Crippen LogP contribution in [0.15, 0.2) is 42.5 Å². The second-order valence-corrected chi connectivity index (χ2v) is 5.38. The van der Waals surface area contributed by atoms with Gasteiger partial charge in [-0.15, -0.1) is 0 Å². The Morgan fingerprint density at radius 3 is 2.76 bits per heavy atom. The van der Waals surface area contributed by atoms with Crippen molar-refractivity contribution < 1.29 is 14.3 Å². The van der Waals surface area contributed by atoms with E-state index in [1.807, 2.05) is 30.3 Å². The lowest BCUT2D eigenvalue weighted by molar-refractivity contribution is -0.153. The Balaban J connectivity index is 2.09. The highest BCUT2D eigenvalue weighted by Gasteiger charge is 2.61. The molecule has 1 fully saturated rings. The van der Waals surface area contributed by atoms with Gasteiger partial charge in [0, 0.05) is 19.3 Å². The fourth-order valence-electron chi connectivity index (χ4n) is 3.09. The van der Waals surface area contributed by atoms with Gasteiger partial charge in [0.2, 0.25) is 17.4 Å². The molecule has 5 heteroatoms. The minimum atomic E-state index is -1.43. The van der Waals surface area contributed by atoms with Gasteiger partial charge in [0.25, 0.3) is 0 Å². The molecule has 1 unspecified atom stereocenters. The summed E-state index contributed by atoms with van der Waals surface area (Å²) in [7, 11) is 0. The maximum absolute atomic E-state index is 12.2. The van der Waals surface area contributed by atoms with E-state index in [1.165, 1.54) is 19.1 Å². The predicted molar refractivity (Wildman–Crippen MR) is 73.9 cm³/mol. The summed E-state index contributed by atoms with van der Waals surface area (Å²) < 4.78 is 5.78. The van der Waals surface area contributed by atoms with E-state index in [9.17, 15) is 14.9 Å². The van der Waals surface area contributed by atoms with Crippen molar-refractivity contribution in [1.82, 2.24) is 5.32 Å². The molecule has 1 aromatic carbocycles. The zero-order valence-corrected chi connectivity index (χ0v) is 11.5. The van der Waals surface area contributed by atoms with Gasteiger partial charge in [-0.3, -0.25) is 9.59 Å². The normalized spacial score (nSPS) is 33.5. The van der Waals surface area contributed by atoms with Crippen molar-refractivity contribution in [2.75, 3.05) is 0 Å². The van der Waals surface area contributed by atoms with Crippen LogP contribution < -0.4 is 5.32 Å². The molecule has 0 aromatic heterocycles. The number of hydrogen-bond donors (Lipinski definition) is 1. The van der Waals surface area contributed by atoms with Crippen LogP contribution in [-0.4, -0.2) is 23.0 Å². The Hall–Kier alpha value is -2.45. The van der Waals surface area contributed by atoms with Crippen LogP contribution in [0.25, 0.3) is 0 Å². The molecule has 21 heavy (non-hydrogen) atoms. The number of benzene rings is 1. The number of carbonyl (C=O) groups excluding carboxylic acids is 2. The molecule has 0 aliphatic carbocycles. The molecule has 1 N–H and O–H groups in total. The molecule has 0 spiro atoms. The van der Waals surface area contributed by atoms with Gasteiger partial charge in [0.1, 0.15) is 6.07 Å². The summed E-state index contributed by atoms with van der Waals surface area (Å²) in [4.78, 5) is 23.6. The van der Waals surface area contributed by atoms with Gasteiger partial charge in [-0.1, -0.05) is 30.3 Å². The second kappa shape index (κ2) is 4.54. The van der Waals surface area contributed by atoms with Crippen molar-refractivity contribution in [2.24, 2.45) is 0 Å². The Labute approximate surface area is 122 Å². The highest BCUT2D eigenvalue weighted by atomic mass is 16.6. The molecule has 1 saturated heterocycles. The molecule has 2 aliphatic heterocycles. The van der Waals surface area contributed by atoms with Gasteiger partial charge >= 0.3 is 0 Å². The molecule has 3 atom stereocenters. The highest BCUT2D eigenvalue weighted by Crippen LogP contribution is 2.50. The zero-order chi connectivity index (χ0) is 15.1. The minimum Gasteiger partial charge on any atom is -0.322 e. The van der Waals surface area contributed by atoms with Gasteiger partial charge in [-0.25, -0.2) is 0 Å². The molecule has 3 rings (SSSR count). The summed E-state index contributed by atoms with van der Waals surface area (Å²) in [5.74, 6) is -1.00. The molecular formula is C16H14N2O3. The van der Waals surface area contributed by atoms with E-state index < -0.39 is 11.3 Å². The average Bonchev–Trinajstić information content (AvgIpc) is 2.76. The number of rotatable bonds is 2. The Bertz CT molecular complexity index is 677. The summed E-state index contributed by atoms with van der Waals surface area (Å²) >= 11 is 0. The van der Waals surface area contributed by atoms with Crippen molar-refractivity contribution >= 4 is 11.7 Å². The first-order valence-electron chi connectivity index (χ1n) is 6.70. The standard InChI is InChI=1S/C16H14N2O3/c1-11(19)18-16-9-13(12-5-3-2-4-6-12)15(10-17,21-16)8-7-14(16)20/h2-8,13H,9H2,1H3,(H,18,19)/t13?,15-,16+/m0/s1. The largest absolute Gasteiger partial charge is 0.322 e. The van der Waals surface area contributed by atoms with E-state index in [2.05, 4.69) is 11.4 Å². The van der Waals surface area contributed by atoms with Crippen molar-refractivity contribution in [2.45, 2.75) is 30.6 Å². The Morgan fingerprint density at radius 1 is 1.43 bits per heavy atom. The van der Waals surface area contributed by atoms with E-state index in [-0.39, 0.29) is 24.0 Å². The summed E-state index contributed by atoms with van der Waals surface area (Å²) in [6.07, 6.45) is 3.08. The van der Waals surface area contributed by atoms with Crippen molar-refractivity contribution in [3.8, 4) is 6.07 Å². The summed E-state index contributed by atoms with van der Waals surface area (Å²) in [5, 5.41) is 12.2. The lowest BCUT2D eigenvalue weighted by Crippen LogP contribution is -2.56. The van der Waals surface area contributed by atoms with Crippen molar-refractivity contribution in [1.29, 1.82) is 5.26 Å². The van der Waals surface area contributed by atoms with Crippen LogP contribution in [0.4, 0.5) is 0 Å². The van der Waals surface area contributed by atoms with Gasteiger partial charge in [-0.2, -0.15) is 5.26 Å². The van der Waals surface area contributed by atoms with Crippen LogP contribution in [0, 0.1) is 11.3 Å². The smallest absolute Gasteiger partial charge is 0.219 e. The topological polar surface area (TPSA) is 79.2 Å². The molecule has 1 amide bonds. The molecule has 0 radical (unpaired) electrons. The average molecular weight is 282 g/mol. The molecule has 2 aliphatic rings. The Kier molecular flexibility index (Phi) is 2.92. The summed E-state index contributed by atoms with van der Waals surface area (Å²) in [5.41, 5.74) is -1.75. The quantitative estimate of drug-likeness (QED) is 0.889. The number of ketones is 1. The highest BCUT2D eigenvalue weighted by molar-refractivity contribution is 6.01. The number of carbonyl (C=O) groups is 2. The van der Waals surface area contributed by atoms with Crippen LogP contribution in [0.1, 0.15) is 24.8 Å². The first-order valence-corrected chi connectivity index (χ1v) is 6.70. The number of nitrogens with zero attached hydrogens (tertiary/aromatic N) is 1. The van der Waals surface area contributed by atoms with Gasteiger partial charge in [0.15, 0.2) is 5.60 Å². The maximum atomic E-state index is 12.2. The number of ether oxygens (including phenoxy) is 1. The van der Waals surface area contributed by atoms with E-state index in [0.717, 1.165) is 5.56 Å². The van der Waals surface area contributed by atoms with Crippen molar-refractivity contribution in [3.63, 3.8) is 0 Å². The third kappa shape index (κ3) is 1.96. The van der Waals surface area contributed by atoms with Crippen LogP contribution in [0.5, 0.6) is 0 Å². The van der Waals surface area contributed by atoms with Crippen LogP contribution in [-0.2, 0) is 14.3 Å². The predicted octanol–water partition coefficient (Wildman–Crippen LogP) is 1.42. The first-order chi connectivity index (χ1) is 10.0. The molecule has 106 valence electrons. The lowest BCUT2D eigenvalue weighted by atomic mass is 9.82. The zero-order valence-electron chi connectivity index (χ0n) is 11.5. The molecule has 2 bridgehead atoms.